The topological polar surface area (TPSA) is 91.7 Å². The first kappa shape index (κ1) is 14.0. The van der Waals surface area contributed by atoms with E-state index in [4.69, 9.17) is 4.74 Å². The third kappa shape index (κ3) is 3.74. The van der Waals surface area contributed by atoms with Crippen LogP contribution in [0.15, 0.2) is 5.38 Å². The van der Waals surface area contributed by atoms with E-state index in [1.54, 1.807) is 14.0 Å². The van der Waals surface area contributed by atoms with Gasteiger partial charge in [-0.05, 0) is 14.0 Å². The quantitative estimate of drug-likeness (QED) is 0.620. The van der Waals surface area contributed by atoms with E-state index >= 15 is 0 Å². The summed E-state index contributed by atoms with van der Waals surface area (Å²) in [5, 5.41) is 23.9. The van der Waals surface area contributed by atoms with Gasteiger partial charge in [-0.3, -0.25) is 0 Å². The summed E-state index contributed by atoms with van der Waals surface area (Å²) in [4.78, 5) is 15.3. The molecule has 0 aliphatic heterocycles. The summed E-state index contributed by atoms with van der Waals surface area (Å²) in [6.07, 6.45) is -2.06. The molecule has 1 aromatic rings. The molecule has 0 amide bonds. The Bertz CT molecular complexity index is 369. The minimum Gasteiger partial charge on any atom is -0.461 e. The van der Waals surface area contributed by atoms with Crippen LogP contribution in [0.2, 0.25) is 0 Å². The zero-order valence-electron chi connectivity index (χ0n) is 9.71. The van der Waals surface area contributed by atoms with Gasteiger partial charge in [0.25, 0.3) is 0 Å². The molecule has 17 heavy (non-hydrogen) atoms. The standard InChI is InChI=1S/C10H16N2O4S/c1-3-16-10(15)6-5-17-9(12-6)8(14)7(13)4-11-2/h5,7-8,11,13-14H,3-4H2,1-2H3. The Kier molecular flexibility index (Phi) is 5.49. The highest BCUT2D eigenvalue weighted by molar-refractivity contribution is 7.09. The molecule has 0 radical (unpaired) electrons. The van der Waals surface area contributed by atoms with Crippen molar-refractivity contribution in [1.29, 1.82) is 0 Å². The molecule has 0 aromatic carbocycles. The molecule has 0 spiro atoms. The lowest BCUT2D eigenvalue weighted by molar-refractivity contribution is 0.0198. The van der Waals surface area contributed by atoms with Crippen LogP contribution in [0.3, 0.4) is 0 Å². The number of hydrogen-bond acceptors (Lipinski definition) is 7. The molecule has 6 nitrogen and oxygen atoms in total. The lowest BCUT2D eigenvalue weighted by Crippen LogP contribution is -2.29. The number of rotatable bonds is 6. The molecule has 2 atom stereocenters. The maximum absolute atomic E-state index is 11.3. The Morgan fingerprint density at radius 1 is 1.65 bits per heavy atom. The highest BCUT2D eigenvalue weighted by atomic mass is 32.1. The molecule has 0 saturated heterocycles. The number of nitrogens with zero attached hydrogens (tertiary/aromatic N) is 1. The van der Waals surface area contributed by atoms with Crippen LogP contribution in [0, 0.1) is 0 Å². The summed E-state index contributed by atoms with van der Waals surface area (Å²) in [6.45, 7) is 2.23. The number of likely N-dealkylation sites (N-methyl/N-ethyl adjacent to an activating group) is 1. The molecule has 7 heteroatoms. The molecule has 1 rings (SSSR count). The number of thiazole rings is 1. The van der Waals surface area contributed by atoms with Crippen molar-refractivity contribution >= 4 is 17.3 Å². The van der Waals surface area contributed by atoms with Crippen molar-refractivity contribution in [1.82, 2.24) is 10.3 Å². The van der Waals surface area contributed by atoms with Crippen LogP contribution in [0.1, 0.15) is 28.5 Å². The average Bonchev–Trinajstić information content (AvgIpc) is 2.78. The zero-order valence-corrected chi connectivity index (χ0v) is 10.5. The summed E-state index contributed by atoms with van der Waals surface area (Å²) >= 11 is 1.12. The van der Waals surface area contributed by atoms with E-state index in [1.165, 1.54) is 5.38 Å². The van der Waals surface area contributed by atoms with Gasteiger partial charge in [0, 0.05) is 11.9 Å². The molecule has 0 fully saturated rings. The third-order valence-corrected chi connectivity index (χ3v) is 2.95. The van der Waals surface area contributed by atoms with Crippen molar-refractivity contribution < 1.29 is 19.7 Å². The Balaban J connectivity index is 2.70. The third-order valence-electron chi connectivity index (χ3n) is 2.04. The van der Waals surface area contributed by atoms with E-state index in [2.05, 4.69) is 10.3 Å². The second kappa shape index (κ2) is 6.65. The van der Waals surface area contributed by atoms with Gasteiger partial charge in [-0.2, -0.15) is 0 Å². The van der Waals surface area contributed by atoms with Crippen molar-refractivity contribution in [3.8, 4) is 0 Å². The minimum absolute atomic E-state index is 0.155. The Labute approximate surface area is 103 Å². The van der Waals surface area contributed by atoms with Crippen LogP contribution in [0.4, 0.5) is 0 Å². The SMILES string of the molecule is CCOC(=O)c1csc(C(O)C(O)CNC)n1. The summed E-state index contributed by atoms with van der Waals surface area (Å²) in [5.41, 5.74) is 0.155. The Morgan fingerprint density at radius 2 is 2.35 bits per heavy atom. The van der Waals surface area contributed by atoms with Crippen molar-refractivity contribution in [2.75, 3.05) is 20.2 Å². The minimum atomic E-state index is -1.10. The predicted molar refractivity (Wildman–Crippen MR) is 63.0 cm³/mol. The van der Waals surface area contributed by atoms with Crippen LogP contribution in [-0.2, 0) is 4.74 Å². The first-order valence-corrected chi connectivity index (χ1v) is 6.11. The number of carbonyl (C=O) groups excluding carboxylic acids is 1. The molecule has 0 saturated carbocycles. The number of aromatic nitrogens is 1. The Morgan fingerprint density at radius 3 is 2.94 bits per heavy atom. The summed E-state index contributed by atoms with van der Waals surface area (Å²) in [6, 6.07) is 0. The highest BCUT2D eigenvalue weighted by Crippen LogP contribution is 2.21. The van der Waals surface area contributed by atoms with Crippen LogP contribution in [0.5, 0.6) is 0 Å². The maximum atomic E-state index is 11.3. The van der Waals surface area contributed by atoms with Crippen molar-refractivity contribution in [3.63, 3.8) is 0 Å². The normalized spacial score (nSPS) is 14.4. The van der Waals surface area contributed by atoms with Gasteiger partial charge in [0.2, 0.25) is 0 Å². The summed E-state index contributed by atoms with van der Waals surface area (Å²) < 4.78 is 4.78. The van der Waals surface area contributed by atoms with Gasteiger partial charge in [0.1, 0.15) is 11.1 Å². The number of aliphatic hydroxyl groups is 2. The second-order valence-corrected chi connectivity index (χ2v) is 4.25. The molecule has 2 unspecified atom stereocenters. The molecule has 1 aromatic heterocycles. The highest BCUT2D eigenvalue weighted by Gasteiger charge is 2.22. The largest absolute Gasteiger partial charge is 0.461 e. The molecule has 96 valence electrons. The number of nitrogens with one attached hydrogen (secondary N) is 1. The van der Waals surface area contributed by atoms with E-state index in [9.17, 15) is 15.0 Å². The van der Waals surface area contributed by atoms with Gasteiger partial charge in [-0.25, -0.2) is 9.78 Å². The number of carbonyl (C=O) groups is 1. The smallest absolute Gasteiger partial charge is 0.357 e. The fraction of sp³-hybridized carbons (Fsp3) is 0.600. The zero-order chi connectivity index (χ0) is 12.8. The molecular weight excluding hydrogens is 244 g/mol. The number of hydrogen-bond donors (Lipinski definition) is 3. The van der Waals surface area contributed by atoms with Gasteiger partial charge in [0.15, 0.2) is 5.69 Å². The van der Waals surface area contributed by atoms with E-state index in [1.807, 2.05) is 0 Å². The lowest BCUT2D eigenvalue weighted by Gasteiger charge is -2.14. The molecule has 0 aliphatic rings. The monoisotopic (exact) mass is 260 g/mol. The summed E-state index contributed by atoms with van der Waals surface area (Å²) in [7, 11) is 1.67. The average molecular weight is 260 g/mol. The fourth-order valence-electron chi connectivity index (χ4n) is 1.21. The maximum Gasteiger partial charge on any atom is 0.357 e. The van der Waals surface area contributed by atoms with Crippen LogP contribution in [0.25, 0.3) is 0 Å². The lowest BCUT2D eigenvalue weighted by atomic mass is 10.2. The van der Waals surface area contributed by atoms with Gasteiger partial charge in [-0.1, -0.05) is 0 Å². The van der Waals surface area contributed by atoms with Crippen LogP contribution in [-0.4, -0.2) is 47.5 Å². The van der Waals surface area contributed by atoms with E-state index in [-0.39, 0.29) is 18.8 Å². The van der Waals surface area contributed by atoms with Gasteiger partial charge in [0.05, 0.1) is 12.7 Å². The molecule has 1 heterocycles. The predicted octanol–water partition coefficient (Wildman–Crippen LogP) is -0.0665. The van der Waals surface area contributed by atoms with Crippen LogP contribution >= 0.6 is 11.3 Å². The molecule has 0 bridgehead atoms. The van der Waals surface area contributed by atoms with Crippen molar-refractivity contribution in [2.24, 2.45) is 0 Å². The second-order valence-electron chi connectivity index (χ2n) is 3.36. The molecular formula is C10H16N2O4S. The van der Waals surface area contributed by atoms with Crippen LogP contribution < -0.4 is 5.32 Å². The van der Waals surface area contributed by atoms with Gasteiger partial charge < -0.3 is 20.3 Å². The number of esters is 1. The number of ether oxygens (including phenoxy) is 1. The van der Waals surface area contributed by atoms with Gasteiger partial charge in [-0.15, -0.1) is 11.3 Å². The van der Waals surface area contributed by atoms with Gasteiger partial charge >= 0.3 is 5.97 Å². The van der Waals surface area contributed by atoms with Crippen molar-refractivity contribution in [2.45, 2.75) is 19.1 Å². The van der Waals surface area contributed by atoms with Crippen molar-refractivity contribution in [3.05, 3.63) is 16.1 Å². The van der Waals surface area contributed by atoms with E-state index < -0.39 is 18.2 Å². The first-order chi connectivity index (χ1) is 8.10. The van der Waals surface area contributed by atoms with E-state index in [0.29, 0.717) is 5.01 Å². The first-order valence-electron chi connectivity index (χ1n) is 5.23. The van der Waals surface area contributed by atoms with E-state index in [0.717, 1.165) is 11.3 Å². The number of aliphatic hydroxyl groups excluding tert-OH is 2. The summed E-state index contributed by atoms with van der Waals surface area (Å²) in [5.74, 6) is -0.523. The Hall–Kier alpha value is -1.02. The molecule has 3 N–H and O–H groups in total. The fourth-order valence-corrected chi connectivity index (χ4v) is 2.04. The molecule has 0 aliphatic carbocycles.